The smallest absolute Gasteiger partial charge is 0.257 e. The summed E-state index contributed by atoms with van der Waals surface area (Å²) in [6.07, 6.45) is 7.50. The highest BCUT2D eigenvalue weighted by atomic mass is 32.2. The molecule has 5 rings (SSSR count). The summed E-state index contributed by atoms with van der Waals surface area (Å²) in [4.78, 5) is 21.9. The molecular formula is C25H27F2N3O3S. The van der Waals surface area contributed by atoms with Gasteiger partial charge in [0, 0.05) is 18.4 Å². The third-order valence-electron chi connectivity index (χ3n) is 6.72. The van der Waals surface area contributed by atoms with E-state index in [1.54, 1.807) is 31.2 Å². The van der Waals surface area contributed by atoms with E-state index < -0.39 is 27.6 Å². The minimum atomic E-state index is -3.39. The van der Waals surface area contributed by atoms with Gasteiger partial charge in [0.15, 0.2) is 15.7 Å². The molecule has 3 saturated carbocycles. The highest BCUT2D eigenvalue weighted by Gasteiger charge is 2.41. The summed E-state index contributed by atoms with van der Waals surface area (Å²) in [6, 6.07) is 4.99. The highest BCUT2D eigenvalue weighted by Crippen LogP contribution is 2.47. The maximum atomic E-state index is 13.9. The van der Waals surface area contributed by atoms with Gasteiger partial charge in [-0.05, 0) is 74.1 Å². The van der Waals surface area contributed by atoms with Crippen LogP contribution in [0, 0.1) is 12.8 Å². The summed E-state index contributed by atoms with van der Waals surface area (Å²) >= 11 is 0. The lowest BCUT2D eigenvalue weighted by Crippen LogP contribution is -2.17. The van der Waals surface area contributed by atoms with Crippen molar-refractivity contribution in [2.45, 2.75) is 73.9 Å². The van der Waals surface area contributed by atoms with Crippen molar-refractivity contribution in [3.8, 4) is 0 Å². The predicted octanol–water partition coefficient (Wildman–Crippen LogP) is 5.06. The second-order valence-corrected chi connectivity index (χ2v) is 11.9. The van der Waals surface area contributed by atoms with E-state index in [1.807, 2.05) is 0 Å². The Kier molecular flexibility index (Phi) is 5.78. The van der Waals surface area contributed by atoms with Crippen molar-refractivity contribution in [2.24, 2.45) is 5.92 Å². The third kappa shape index (κ3) is 4.89. The lowest BCUT2D eigenvalue weighted by atomic mass is 9.95. The topological polar surface area (TPSA) is 89.0 Å². The van der Waals surface area contributed by atoms with Crippen LogP contribution in [0.3, 0.4) is 0 Å². The SMILES string of the molecule is Cc1cnc(NC(=O)C(=C[C@H]2CCC(F)(F)C2)c2ccc(S(=O)(=O)C3CC3)c(C3CC3)c2)cn1. The Balaban J connectivity index is 1.52. The standard InChI is InChI=1S/C25H27F2N3O3S/c1-15-13-29-23(14-28-15)30-24(31)21(10-16-8-9-25(26,27)12-16)18-4-7-22(20(11-18)17-2-3-17)34(32,33)19-5-6-19/h4,7,10-11,13-14,16-17,19H,2-3,5-6,8-9,12H2,1H3,(H,29,30,31)/t16-/m1/s1. The number of carbonyl (C=O) groups is 1. The number of sulfone groups is 1. The fraction of sp³-hybridized carbons (Fsp3) is 0.480. The molecule has 1 N–H and O–H groups in total. The molecule has 1 aromatic heterocycles. The van der Waals surface area contributed by atoms with Crippen LogP contribution in [0.2, 0.25) is 0 Å². The van der Waals surface area contributed by atoms with Gasteiger partial charge in [0.05, 0.1) is 28.2 Å². The van der Waals surface area contributed by atoms with Crippen LogP contribution in [0.4, 0.5) is 14.6 Å². The largest absolute Gasteiger partial charge is 0.305 e. The van der Waals surface area contributed by atoms with Crippen molar-refractivity contribution in [2.75, 3.05) is 5.32 Å². The molecule has 0 aliphatic heterocycles. The molecule has 1 amide bonds. The second-order valence-electron chi connectivity index (χ2n) is 9.71. The zero-order valence-electron chi connectivity index (χ0n) is 18.9. The molecule has 180 valence electrons. The van der Waals surface area contributed by atoms with Crippen LogP contribution in [-0.4, -0.2) is 35.5 Å². The first-order valence-corrected chi connectivity index (χ1v) is 13.2. The molecule has 2 aromatic rings. The molecule has 0 radical (unpaired) electrons. The average Bonchev–Trinajstić information content (AvgIpc) is 3.69. The number of hydrogen-bond acceptors (Lipinski definition) is 5. The van der Waals surface area contributed by atoms with Crippen molar-refractivity contribution in [3.63, 3.8) is 0 Å². The Hall–Kier alpha value is -2.68. The first-order valence-electron chi connectivity index (χ1n) is 11.7. The fourth-order valence-electron chi connectivity index (χ4n) is 4.55. The normalized spacial score (nSPS) is 22.6. The van der Waals surface area contributed by atoms with Gasteiger partial charge in [-0.25, -0.2) is 22.2 Å². The molecule has 1 aromatic carbocycles. The van der Waals surface area contributed by atoms with E-state index in [2.05, 4.69) is 15.3 Å². The van der Waals surface area contributed by atoms with E-state index in [0.717, 1.165) is 18.4 Å². The molecule has 3 aliphatic carbocycles. The summed E-state index contributed by atoms with van der Waals surface area (Å²) in [6.45, 7) is 1.78. The molecule has 34 heavy (non-hydrogen) atoms. The third-order valence-corrected chi connectivity index (χ3v) is 9.05. The monoisotopic (exact) mass is 487 g/mol. The summed E-state index contributed by atoms with van der Waals surface area (Å²) in [5.74, 6) is -3.26. The van der Waals surface area contributed by atoms with Gasteiger partial charge < -0.3 is 5.32 Å². The number of anilines is 1. The van der Waals surface area contributed by atoms with E-state index in [0.29, 0.717) is 29.0 Å². The van der Waals surface area contributed by atoms with Crippen LogP contribution >= 0.6 is 0 Å². The quantitative estimate of drug-likeness (QED) is 0.552. The van der Waals surface area contributed by atoms with Crippen LogP contribution in [0.5, 0.6) is 0 Å². The van der Waals surface area contributed by atoms with E-state index in [9.17, 15) is 22.0 Å². The van der Waals surface area contributed by atoms with E-state index >= 15 is 0 Å². The summed E-state index contributed by atoms with van der Waals surface area (Å²) in [5.41, 5.74) is 2.21. The molecule has 3 fully saturated rings. The lowest BCUT2D eigenvalue weighted by Gasteiger charge is -2.15. The number of alkyl halides is 2. The van der Waals surface area contributed by atoms with E-state index in [4.69, 9.17) is 0 Å². The van der Waals surface area contributed by atoms with Gasteiger partial charge in [-0.15, -0.1) is 0 Å². The Bertz CT molecular complexity index is 1250. The van der Waals surface area contributed by atoms with Crippen LogP contribution in [-0.2, 0) is 14.6 Å². The fourth-order valence-corrected chi connectivity index (χ4v) is 6.48. The molecule has 1 heterocycles. The highest BCUT2D eigenvalue weighted by molar-refractivity contribution is 7.92. The Morgan fingerprint density at radius 2 is 1.88 bits per heavy atom. The number of aryl methyl sites for hydroxylation is 1. The molecule has 6 nitrogen and oxygen atoms in total. The van der Waals surface area contributed by atoms with Crippen molar-refractivity contribution >= 4 is 27.1 Å². The molecule has 9 heteroatoms. The van der Waals surface area contributed by atoms with Gasteiger partial charge >= 0.3 is 0 Å². The van der Waals surface area contributed by atoms with Crippen molar-refractivity contribution in [1.82, 2.24) is 9.97 Å². The Labute approximate surface area is 197 Å². The van der Waals surface area contributed by atoms with Crippen molar-refractivity contribution in [1.29, 1.82) is 0 Å². The molecule has 0 spiro atoms. The number of allylic oxidation sites excluding steroid dienone is 1. The zero-order valence-corrected chi connectivity index (χ0v) is 19.7. The van der Waals surface area contributed by atoms with Crippen molar-refractivity contribution < 1.29 is 22.0 Å². The first kappa shape index (κ1) is 23.1. The van der Waals surface area contributed by atoms with Gasteiger partial charge in [-0.1, -0.05) is 12.1 Å². The maximum Gasteiger partial charge on any atom is 0.257 e. The minimum Gasteiger partial charge on any atom is -0.305 e. The van der Waals surface area contributed by atoms with Crippen LogP contribution in [0.25, 0.3) is 5.57 Å². The number of halogens is 2. The molecule has 0 saturated heterocycles. The number of carbonyl (C=O) groups excluding carboxylic acids is 1. The van der Waals surface area contributed by atoms with E-state index in [1.165, 1.54) is 12.4 Å². The summed E-state index contributed by atoms with van der Waals surface area (Å²) in [5, 5.41) is 2.39. The van der Waals surface area contributed by atoms with Crippen LogP contribution in [0.15, 0.2) is 41.6 Å². The molecule has 0 bridgehead atoms. The number of aromatic nitrogens is 2. The zero-order chi connectivity index (χ0) is 24.1. The van der Waals surface area contributed by atoms with Gasteiger partial charge in [0.1, 0.15) is 0 Å². The molecular weight excluding hydrogens is 460 g/mol. The number of benzene rings is 1. The van der Waals surface area contributed by atoms with Gasteiger partial charge in [0.25, 0.3) is 5.91 Å². The van der Waals surface area contributed by atoms with Gasteiger partial charge in [-0.3, -0.25) is 9.78 Å². The number of hydrogen-bond donors (Lipinski definition) is 1. The number of amides is 1. The van der Waals surface area contributed by atoms with E-state index in [-0.39, 0.29) is 41.8 Å². The number of nitrogens with one attached hydrogen (secondary N) is 1. The number of nitrogens with zero attached hydrogens (tertiary/aromatic N) is 2. The molecule has 1 atom stereocenters. The predicted molar refractivity (Wildman–Crippen MR) is 124 cm³/mol. The average molecular weight is 488 g/mol. The molecule has 0 unspecified atom stereocenters. The second kappa shape index (κ2) is 8.52. The lowest BCUT2D eigenvalue weighted by molar-refractivity contribution is -0.111. The summed E-state index contributed by atoms with van der Waals surface area (Å²) in [7, 11) is -3.39. The van der Waals surface area contributed by atoms with Crippen LogP contribution < -0.4 is 5.32 Å². The maximum absolute atomic E-state index is 13.9. The van der Waals surface area contributed by atoms with Crippen molar-refractivity contribution in [3.05, 3.63) is 53.5 Å². The molecule has 3 aliphatic rings. The van der Waals surface area contributed by atoms with Gasteiger partial charge in [-0.2, -0.15) is 0 Å². The summed E-state index contributed by atoms with van der Waals surface area (Å²) < 4.78 is 53.7. The Morgan fingerprint density at radius 1 is 1.12 bits per heavy atom. The minimum absolute atomic E-state index is 0.145. The van der Waals surface area contributed by atoms with Crippen LogP contribution in [0.1, 0.15) is 67.7 Å². The first-order chi connectivity index (χ1) is 16.1. The number of rotatable bonds is 7. The van der Waals surface area contributed by atoms with Gasteiger partial charge in [0.2, 0.25) is 5.92 Å². The Morgan fingerprint density at radius 3 is 2.47 bits per heavy atom.